The number of nitrogens with one attached hydrogen (secondary N) is 1. The van der Waals surface area contributed by atoms with Crippen LogP contribution in [0.15, 0.2) is 23.2 Å². The number of aliphatic imine (C=N–C) groups is 1. The molecule has 0 saturated carbocycles. The molecular formula is C15H26N4O2. The van der Waals surface area contributed by atoms with E-state index in [0.717, 1.165) is 31.1 Å². The molecule has 0 aliphatic carbocycles. The molecule has 1 aromatic rings. The summed E-state index contributed by atoms with van der Waals surface area (Å²) in [6.07, 6.45) is 0. The Morgan fingerprint density at radius 3 is 2.52 bits per heavy atom. The molecule has 0 fully saturated rings. The number of guanidine groups is 1. The minimum absolute atomic E-state index is 0.369. The van der Waals surface area contributed by atoms with Crippen molar-refractivity contribution in [1.29, 1.82) is 0 Å². The molecular weight excluding hydrogens is 268 g/mol. The highest BCUT2D eigenvalue weighted by Gasteiger charge is 2.06. The fraction of sp³-hybridized carbons (Fsp3) is 0.533. The van der Waals surface area contributed by atoms with Gasteiger partial charge in [-0.05, 0) is 25.2 Å². The lowest BCUT2D eigenvalue weighted by Gasteiger charge is -2.16. The summed E-state index contributed by atoms with van der Waals surface area (Å²) < 4.78 is 10.5. The predicted molar refractivity (Wildman–Crippen MR) is 87.4 cm³/mol. The number of hydrogen-bond donors (Lipinski definition) is 2. The molecule has 0 unspecified atom stereocenters. The average Bonchev–Trinajstić information content (AvgIpc) is 2.51. The van der Waals surface area contributed by atoms with Crippen LogP contribution in [0.2, 0.25) is 0 Å². The van der Waals surface area contributed by atoms with E-state index in [9.17, 15) is 0 Å². The monoisotopic (exact) mass is 294 g/mol. The van der Waals surface area contributed by atoms with Gasteiger partial charge in [0.15, 0.2) is 5.96 Å². The number of likely N-dealkylation sites (N-methyl/N-ethyl adjacent to an activating group) is 1. The van der Waals surface area contributed by atoms with Crippen molar-refractivity contribution in [3.05, 3.63) is 18.2 Å². The SMILES string of the molecule is CCN(CC)CCN=C(N)Nc1cc(OC)ccc1OC. The van der Waals surface area contributed by atoms with Gasteiger partial charge in [-0.1, -0.05) is 13.8 Å². The molecule has 0 atom stereocenters. The minimum Gasteiger partial charge on any atom is -0.497 e. The quantitative estimate of drug-likeness (QED) is 0.565. The number of rotatable bonds is 8. The molecule has 0 aliphatic heterocycles. The van der Waals surface area contributed by atoms with Gasteiger partial charge in [0.25, 0.3) is 0 Å². The topological polar surface area (TPSA) is 72.1 Å². The minimum atomic E-state index is 0.369. The first-order chi connectivity index (χ1) is 10.1. The molecule has 0 amide bonds. The van der Waals surface area contributed by atoms with Crippen molar-refractivity contribution in [3.8, 4) is 11.5 Å². The Hall–Kier alpha value is -1.95. The summed E-state index contributed by atoms with van der Waals surface area (Å²) in [5.41, 5.74) is 6.65. The lowest BCUT2D eigenvalue weighted by atomic mass is 10.2. The van der Waals surface area contributed by atoms with Crippen LogP contribution in [0.1, 0.15) is 13.8 Å². The zero-order valence-electron chi connectivity index (χ0n) is 13.3. The predicted octanol–water partition coefficient (Wildman–Crippen LogP) is 1.77. The van der Waals surface area contributed by atoms with Gasteiger partial charge < -0.3 is 25.4 Å². The van der Waals surface area contributed by atoms with E-state index in [1.54, 1.807) is 14.2 Å². The molecule has 1 aromatic carbocycles. The third-order valence-corrected chi connectivity index (χ3v) is 3.26. The second-order valence-corrected chi connectivity index (χ2v) is 4.49. The van der Waals surface area contributed by atoms with Crippen molar-refractivity contribution < 1.29 is 9.47 Å². The molecule has 3 N–H and O–H groups in total. The Morgan fingerprint density at radius 1 is 1.24 bits per heavy atom. The summed E-state index contributed by atoms with van der Waals surface area (Å²) in [6.45, 7) is 7.86. The highest BCUT2D eigenvalue weighted by atomic mass is 16.5. The third-order valence-electron chi connectivity index (χ3n) is 3.26. The van der Waals surface area contributed by atoms with Crippen LogP contribution >= 0.6 is 0 Å². The highest BCUT2D eigenvalue weighted by molar-refractivity contribution is 5.94. The number of nitrogens with two attached hydrogens (primary N) is 1. The van der Waals surface area contributed by atoms with Crippen molar-refractivity contribution in [2.75, 3.05) is 45.7 Å². The molecule has 0 radical (unpaired) electrons. The van der Waals surface area contributed by atoms with E-state index < -0.39 is 0 Å². The Balaban J connectivity index is 2.66. The van der Waals surface area contributed by atoms with E-state index in [1.807, 2.05) is 18.2 Å². The number of anilines is 1. The second kappa shape index (κ2) is 9.07. The Kier molecular flexibility index (Phi) is 7.39. The smallest absolute Gasteiger partial charge is 0.193 e. The Morgan fingerprint density at radius 2 is 1.95 bits per heavy atom. The van der Waals surface area contributed by atoms with E-state index in [4.69, 9.17) is 15.2 Å². The van der Waals surface area contributed by atoms with Crippen LogP contribution in [-0.2, 0) is 0 Å². The summed E-state index contributed by atoms with van der Waals surface area (Å²) in [7, 11) is 3.23. The summed E-state index contributed by atoms with van der Waals surface area (Å²) in [5.74, 6) is 1.79. The Labute approximate surface area is 126 Å². The van der Waals surface area contributed by atoms with Crippen LogP contribution in [0.25, 0.3) is 0 Å². The van der Waals surface area contributed by atoms with Crippen molar-refractivity contribution in [2.24, 2.45) is 10.7 Å². The van der Waals surface area contributed by atoms with Gasteiger partial charge in [0.05, 0.1) is 26.5 Å². The summed E-state index contributed by atoms with van der Waals surface area (Å²) in [5, 5.41) is 3.05. The van der Waals surface area contributed by atoms with Gasteiger partial charge in [-0.15, -0.1) is 0 Å². The van der Waals surface area contributed by atoms with Gasteiger partial charge >= 0.3 is 0 Å². The first kappa shape index (κ1) is 17.1. The van der Waals surface area contributed by atoms with Crippen molar-refractivity contribution in [3.63, 3.8) is 0 Å². The third kappa shape index (κ3) is 5.51. The highest BCUT2D eigenvalue weighted by Crippen LogP contribution is 2.28. The molecule has 0 aromatic heterocycles. The van der Waals surface area contributed by atoms with Crippen LogP contribution in [0.4, 0.5) is 5.69 Å². The average molecular weight is 294 g/mol. The van der Waals surface area contributed by atoms with Crippen molar-refractivity contribution >= 4 is 11.6 Å². The van der Waals surface area contributed by atoms with Crippen molar-refractivity contribution in [1.82, 2.24) is 4.90 Å². The van der Waals surface area contributed by atoms with E-state index in [1.165, 1.54) is 0 Å². The van der Waals surface area contributed by atoms with E-state index in [0.29, 0.717) is 18.3 Å². The first-order valence-corrected chi connectivity index (χ1v) is 7.15. The maximum absolute atomic E-state index is 5.91. The summed E-state index contributed by atoms with van der Waals surface area (Å²) in [6, 6.07) is 5.48. The van der Waals surface area contributed by atoms with Crippen molar-refractivity contribution in [2.45, 2.75) is 13.8 Å². The zero-order chi connectivity index (χ0) is 15.7. The van der Waals surface area contributed by atoms with Gasteiger partial charge in [0.2, 0.25) is 0 Å². The van der Waals surface area contributed by atoms with E-state index >= 15 is 0 Å². The van der Waals surface area contributed by atoms with Gasteiger partial charge in [-0.2, -0.15) is 0 Å². The molecule has 0 aliphatic rings. The van der Waals surface area contributed by atoms with Crippen LogP contribution < -0.4 is 20.5 Å². The fourth-order valence-corrected chi connectivity index (χ4v) is 1.94. The van der Waals surface area contributed by atoms with Crippen LogP contribution in [0.3, 0.4) is 0 Å². The van der Waals surface area contributed by atoms with Crippen LogP contribution in [-0.4, -0.2) is 51.3 Å². The first-order valence-electron chi connectivity index (χ1n) is 7.15. The number of benzene rings is 1. The zero-order valence-corrected chi connectivity index (χ0v) is 13.3. The standard InChI is InChI=1S/C15H26N4O2/c1-5-19(6-2)10-9-17-15(16)18-13-11-12(20-3)7-8-14(13)21-4/h7-8,11H,5-6,9-10H2,1-4H3,(H3,16,17,18). The largest absolute Gasteiger partial charge is 0.497 e. The van der Waals surface area contributed by atoms with Gasteiger partial charge in [0, 0.05) is 12.6 Å². The van der Waals surface area contributed by atoms with E-state index in [-0.39, 0.29) is 0 Å². The number of hydrogen-bond acceptors (Lipinski definition) is 4. The molecule has 21 heavy (non-hydrogen) atoms. The lowest BCUT2D eigenvalue weighted by molar-refractivity contribution is 0.313. The molecule has 0 bridgehead atoms. The number of methoxy groups -OCH3 is 2. The maximum atomic E-state index is 5.91. The molecule has 6 heteroatoms. The molecule has 0 saturated heterocycles. The Bertz CT molecular complexity index is 459. The van der Waals surface area contributed by atoms with Crippen LogP contribution in [0, 0.1) is 0 Å². The normalized spacial score (nSPS) is 11.6. The summed E-state index contributed by atoms with van der Waals surface area (Å²) in [4.78, 5) is 6.63. The molecule has 0 heterocycles. The number of nitrogens with zero attached hydrogens (tertiary/aromatic N) is 2. The van der Waals surface area contributed by atoms with E-state index in [2.05, 4.69) is 29.1 Å². The van der Waals surface area contributed by atoms with Crippen LogP contribution in [0.5, 0.6) is 11.5 Å². The maximum Gasteiger partial charge on any atom is 0.193 e. The molecule has 118 valence electrons. The number of ether oxygens (including phenoxy) is 2. The fourth-order valence-electron chi connectivity index (χ4n) is 1.94. The van der Waals surface area contributed by atoms with Gasteiger partial charge in [-0.3, -0.25) is 4.99 Å². The molecule has 6 nitrogen and oxygen atoms in total. The summed E-state index contributed by atoms with van der Waals surface area (Å²) >= 11 is 0. The molecule has 0 spiro atoms. The molecule has 1 rings (SSSR count). The van der Waals surface area contributed by atoms with Gasteiger partial charge in [-0.25, -0.2) is 0 Å². The lowest BCUT2D eigenvalue weighted by Crippen LogP contribution is -2.28. The van der Waals surface area contributed by atoms with Gasteiger partial charge in [0.1, 0.15) is 11.5 Å². The second-order valence-electron chi connectivity index (χ2n) is 4.49.